The quantitative estimate of drug-likeness (QED) is 0.452. The molecule has 0 aliphatic carbocycles. The van der Waals surface area contributed by atoms with Gasteiger partial charge in [-0.05, 0) is 54.1 Å². The Morgan fingerprint density at radius 3 is 2.37 bits per heavy atom. The van der Waals surface area contributed by atoms with Gasteiger partial charge in [-0.25, -0.2) is 18.4 Å². The van der Waals surface area contributed by atoms with Crippen LogP contribution in [0.1, 0.15) is 5.56 Å². The first-order chi connectivity index (χ1) is 14.5. The molecule has 0 bridgehead atoms. The zero-order valence-electron chi connectivity index (χ0n) is 15.6. The molecule has 0 saturated heterocycles. The van der Waals surface area contributed by atoms with Crippen molar-refractivity contribution in [1.29, 1.82) is 0 Å². The average Bonchev–Trinajstić information content (AvgIpc) is 3.26. The largest absolute Gasteiger partial charge is 0.439 e. The summed E-state index contributed by atoms with van der Waals surface area (Å²) in [6, 6.07) is 18.8. The molecule has 0 radical (unpaired) electrons. The summed E-state index contributed by atoms with van der Waals surface area (Å²) in [4.78, 5) is 8.32. The molecule has 4 aromatic rings. The minimum absolute atomic E-state index is 0.147. The fourth-order valence-electron chi connectivity index (χ4n) is 2.74. The highest BCUT2D eigenvalue weighted by molar-refractivity contribution is 7.91. The van der Waals surface area contributed by atoms with Crippen molar-refractivity contribution in [2.45, 2.75) is 5.75 Å². The third-order valence-corrected chi connectivity index (χ3v) is 5.63. The van der Waals surface area contributed by atoms with Crippen LogP contribution < -0.4 is 9.46 Å². The number of rotatable bonds is 7. The van der Waals surface area contributed by atoms with Crippen LogP contribution in [0.3, 0.4) is 0 Å². The molecule has 9 heteroatoms. The second kappa shape index (κ2) is 8.56. The average molecular weight is 441 g/mol. The van der Waals surface area contributed by atoms with Crippen molar-refractivity contribution in [2.24, 2.45) is 0 Å². The Hall–Kier alpha value is -3.36. The standard InChI is InChI=1S/C21H17ClN4O3S/c22-17-5-3-16(4-6-17)14-30(27,28)25-18-7-9-19(10-8-18)29-21-13-20(23-15-24-21)26-11-1-2-12-26/h1-13,15,25H,14H2. The fourth-order valence-corrected chi connectivity index (χ4v) is 4.07. The number of ether oxygens (including phenoxy) is 1. The summed E-state index contributed by atoms with van der Waals surface area (Å²) in [5.41, 5.74) is 1.08. The normalized spacial score (nSPS) is 11.2. The van der Waals surface area contributed by atoms with Crippen LogP contribution in [0.15, 0.2) is 85.5 Å². The summed E-state index contributed by atoms with van der Waals surface area (Å²) in [7, 11) is -3.56. The first-order valence-electron chi connectivity index (χ1n) is 8.95. The molecule has 0 saturated carbocycles. The lowest BCUT2D eigenvalue weighted by Crippen LogP contribution is -2.14. The van der Waals surface area contributed by atoms with Gasteiger partial charge in [-0.15, -0.1) is 0 Å². The molecule has 0 aliphatic rings. The van der Waals surface area contributed by atoms with E-state index in [9.17, 15) is 8.42 Å². The predicted octanol–water partition coefficient (Wildman–Crippen LogP) is 4.65. The molecule has 2 heterocycles. The van der Waals surface area contributed by atoms with Crippen LogP contribution >= 0.6 is 11.6 Å². The summed E-state index contributed by atoms with van der Waals surface area (Å²) in [5, 5.41) is 0.559. The molecule has 2 aromatic carbocycles. The van der Waals surface area contributed by atoms with E-state index >= 15 is 0 Å². The number of anilines is 1. The van der Waals surface area contributed by atoms with Gasteiger partial charge in [-0.1, -0.05) is 23.7 Å². The summed E-state index contributed by atoms with van der Waals surface area (Å²) < 4.78 is 34.9. The Kier molecular flexibility index (Phi) is 5.69. The van der Waals surface area contributed by atoms with Crippen molar-refractivity contribution >= 4 is 27.3 Å². The Morgan fingerprint density at radius 2 is 1.67 bits per heavy atom. The summed E-state index contributed by atoms with van der Waals surface area (Å²) in [6.45, 7) is 0. The molecule has 7 nitrogen and oxygen atoms in total. The van der Waals surface area contributed by atoms with Crippen molar-refractivity contribution in [3.63, 3.8) is 0 Å². The molecule has 30 heavy (non-hydrogen) atoms. The fraction of sp³-hybridized carbons (Fsp3) is 0.0476. The van der Waals surface area contributed by atoms with Crippen LogP contribution in [0, 0.1) is 0 Å². The summed E-state index contributed by atoms with van der Waals surface area (Å²) in [5.74, 6) is 1.43. The van der Waals surface area contributed by atoms with Gasteiger partial charge in [0.1, 0.15) is 17.9 Å². The third kappa shape index (κ3) is 5.16. The van der Waals surface area contributed by atoms with E-state index in [-0.39, 0.29) is 5.75 Å². The summed E-state index contributed by atoms with van der Waals surface area (Å²) in [6.07, 6.45) is 5.16. The molecule has 1 N–H and O–H groups in total. The zero-order chi connectivity index (χ0) is 21.0. The molecule has 0 fully saturated rings. The molecule has 0 spiro atoms. The van der Waals surface area contributed by atoms with Crippen molar-refractivity contribution < 1.29 is 13.2 Å². The van der Waals surface area contributed by atoms with E-state index in [1.807, 2.05) is 29.1 Å². The molecular weight excluding hydrogens is 424 g/mol. The van der Waals surface area contributed by atoms with Gasteiger partial charge < -0.3 is 9.30 Å². The Labute approximate surface area is 179 Å². The number of aromatic nitrogens is 3. The van der Waals surface area contributed by atoms with Gasteiger partial charge in [-0.2, -0.15) is 0 Å². The second-order valence-corrected chi connectivity index (χ2v) is 8.58. The van der Waals surface area contributed by atoms with Crippen LogP contribution in [0.2, 0.25) is 5.02 Å². The van der Waals surface area contributed by atoms with Crippen LogP contribution in [-0.4, -0.2) is 23.0 Å². The minimum Gasteiger partial charge on any atom is -0.439 e. The lowest BCUT2D eigenvalue weighted by atomic mass is 10.2. The highest BCUT2D eigenvalue weighted by Crippen LogP contribution is 2.23. The van der Waals surface area contributed by atoms with Crippen molar-refractivity contribution in [3.8, 4) is 17.4 Å². The Balaban J connectivity index is 1.42. The van der Waals surface area contributed by atoms with Crippen LogP contribution in [0.4, 0.5) is 5.69 Å². The van der Waals surface area contributed by atoms with Crippen molar-refractivity contribution in [1.82, 2.24) is 14.5 Å². The van der Waals surface area contributed by atoms with E-state index < -0.39 is 10.0 Å². The maximum Gasteiger partial charge on any atom is 0.236 e. The molecular formula is C21H17ClN4O3S. The van der Waals surface area contributed by atoms with E-state index in [1.54, 1.807) is 54.6 Å². The van der Waals surface area contributed by atoms with Gasteiger partial charge in [0.15, 0.2) is 0 Å². The van der Waals surface area contributed by atoms with Crippen LogP contribution in [0.5, 0.6) is 11.6 Å². The van der Waals surface area contributed by atoms with Crippen molar-refractivity contribution in [2.75, 3.05) is 4.72 Å². The lowest BCUT2D eigenvalue weighted by Gasteiger charge is -2.10. The second-order valence-electron chi connectivity index (χ2n) is 6.42. The van der Waals surface area contributed by atoms with E-state index in [0.29, 0.717) is 33.7 Å². The first-order valence-corrected chi connectivity index (χ1v) is 11.0. The minimum atomic E-state index is -3.56. The molecule has 0 atom stereocenters. The SMILES string of the molecule is O=S(=O)(Cc1ccc(Cl)cc1)Nc1ccc(Oc2cc(-n3cccc3)ncn2)cc1. The molecule has 152 valence electrons. The van der Waals surface area contributed by atoms with Gasteiger partial charge in [0, 0.05) is 29.2 Å². The molecule has 2 aromatic heterocycles. The van der Waals surface area contributed by atoms with Gasteiger partial charge in [-0.3, -0.25) is 4.72 Å². The predicted molar refractivity (Wildman–Crippen MR) is 116 cm³/mol. The van der Waals surface area contributed by atoms with Gasteiger partial charge in [0.2, 0.25) is 15.9 Å². The third-order valence-electron chi connectivity index (χ3n) is 4.12. The van der Waals surface area contributed by atoms with Crippen LogP contribution in [0.25, 0.3) is 5.82 Å². The zero-order valence-corrected chi connectivity index (χ0v) is 17.2. The number of nitrogens with zero attached hydrogens (tertiary/aromatic N) is 3. The van der Waals surface area contributed by atoms with E-state index in [4.69, 9.17) is 16.3 Å². The number of sulfonamides is 1. The molecule has 0 amide bonds. The highest BCUT2D eigenvalue weighted by atomic mass is 35.5. The maximum absolute atomic E-state index is 12.4. The Bertz CT molecular complexity index is 1230. The van der Waals surface area contributed by atoms with Crippen molar-refractivity contribution in [3.05, 3.63) is 96.0 Å². The summed E-state index contributed by atoms with van der Waals surface area (Å²) >= 11 is 5.83. The number of halogens is 1. The molecule has 4 rings (SSSR count). The van der Waals surface area contributed by atoms with E-state index in [1.165, 1.54) is 6.33 Å². The molecule has 0 aliphatic heterocycles. The monoisotopic (exact) mass is 440 g/mol. The number of hydrogen-bond acceptors (Lipinski definition) is 5. The highest BCUT2D eigenvalue weighted by Gasteiger charge is 2.12. The van der Waals surface area contributed by atoms with Gasteiger partial charge >= 0.3 is 0 Å². The topological polar surface area (TPSA) is 86.1 Å². The van der Waals surface area contributed by atoms with Gasteiger partial charge in [0.05, 0.1) is 5.75 Å². The smallest absolute Gasteiger partial charge is 0.236 e. The van der Waals surface area contributed by atoms with Gasteiger partial charge in [0.25, 0.3) is 0 Å². The first kappa shape index (κ1) is 19.9. The molecule has 0 unspecified atom stereocenters. The maximum atomic E-state index is 12.4. The van der Waals surface area contributed by atoms with E-state index in [0.717, 1.165) is 0 Å². The number of nitrogens with one attached hydrogen (secondary N) is 1. The lowest BCUT2D eigenvalue weighted by molar-refractivity contribution is 0.461. The number of benzene rings is 2. The number of hydrogen-bond donors (Lipinski definition) is 1. The Morgan fingerprint density at radius 1 is 0.967 bits per heavy atom. The van der Waals surface area contributed by atoms with E-state index in [2.05, 4.69) is 14.7 Å². The van der Waals surface area contributed by atoms with Crippen LogP contribution in [-0.2, 0) is 15.8 Å².